The van der Waals surface area contributed by atoms with E-state index in [1.165, 1.54) is 39.0 Å². The SMILES string of the molecule is C/C1=[13CH]\C[13CH2]C(C)[13CH](O)C(C)[13CH](O)C[13CH2]/C=[13CH]/C(C)[13CH](O)/C=[13CH]/C(C)[13CH](O)/C(C)=[13CH]/C(O[13C@H]2O[C@H](CO)[C@@H](O)[C@H](O)[C@@H]2O)[13CH](O)C[13CH](O)C[13CH](O)C[13CH](O)C(C)[13CH](O)C(C)[13CH](O)C[13CH](O)C[13CH](O)/C=[13CH]/C[13CH](C(C)C2CC[13C](=O)O2)O[13C]1=O. The Labute approximate surface area is 490 Å². The first-order valence-corrected chi connectivity index (χ1v) is 29.8. The van der Waals surface area contributed by atoms with Crippen molar-refractivity contribution in [2.24, 2.45) is 41.4 Å². The summed E-state index contributed by atoms with van der Waals surface area (Å²) in [7, 11) is 0. The fraction of sp³-hybridized carbons (Fsp3) is 0.803. The first-order valence-electron chi connectivity index (χ1n) is 29.8. The summed E-state index contributed by atoms with van der Waals surface area (Å²) in [4.78, 5) is 25.5. The van der Waals surface area contributed by atoms with E-state index in [-0.39, 0.29) is 49.6 Å². The Hall–Kier alpha value is -3.08. The van der Waals surface area contributed by atoms with E-state index < -0.39 is 183 Å². The van der Waals surface area contributed by atoms with Crippen LogP contribution in [0, 0.1) is 41.4 Å². The summed E-state index contributed by atoms with van der Waals surface area (Å²) in [5.74, 6) is -5.08. The van der Waals surface area contributed by atoms with Crippen LogP contribution in [-0.2, 0) is 28.5 Å². The molecular weight excluding hydrogens is 1110 g/mol. The van der Waals surface area contributed by atoms with Gasteiger partial charge in [-0.15, -0.1) is 0 Å². The van der Waals surface area contributed by atoms with Crippen molar-refractivity contribution in [2.45, 2.75) is 262 Å². The fourth-order valence-electron chi connectivity index (χ4n) is 10.9. The van der Waals surface area contributed by atoms with E-state index in [1.807, 2.05) is 13.0 Å². The minimum absolute atomic E-state index is 0.118. The second-order valence-electron chi connectivity index (χ2n) is 24.3. The van der Waals surface area contributed by atoms with Gasteiger partial charge in [0.2, 0.25) is 0 Å². The Morgan fingerprint density at radius 2 is 1.17 bits per heavy atom. The van der Waals surface area contributed by atoms with Crippen LogP contribution in [0.4, 0.5) is 0 Å². The Kier molecular flexibility index (Phi) is 32.4. The molecule has 22 unspecified atom stereocenters. The summed E-state index contributed by atoms with van der Waals surface area (Å²) in [6, 6.07) is 0. The highest BCUT2D eigenvalue weighted by molar-refractivity contribution is 5.87. The van der Waals surface area contributed by atoms with E-state index in [1.54, 1.807) is 58.9 Å². The van der Waals surface area contributed by atoms with Crippen molar-refractivity contribution in [3.05, 3.63) is 59.8 Å². The summed E-state index contributed by atoms with van der Waals surface area (Å²) < 4.78 is 22.9. The highest BCUT2D eigenvalue weighted by Gasteiger charge is 2.46. The molecule has 0 radical (unpaired) electrons. The van der Waals surface area contributed by atoms with Crippen LogP contribution < -0.4 is 0 Å². The molecule has 0 aromatic carbocycles. The number of cyclic esters (lactones) is 2. The third-order valence-electron chi connectivity index (χ3n) is 17.2. The lowest BCUT2D eigenvalue weighted by Crippen LogP contribution is -2.60. The smallest absolute Gasteiger partial charge is 0.333 e. The maximum atomic E-state index is 13.5. The van der Waals surface area contributed by atoms with Gasteiger partial charge in [-0.2, -0.15) is 0 Å². The van der Waals surface area contributed by atoms with Crippen molar-refractivity contribution < 1.29 is 110 Å². The van der Waals surface area contributed by atoms with E-state index >= 15 is 0 Å². The zero-order valence-corrected chi connectivity index (χ0v) is 50.0. The molecule has 0 spiro atoms. The summed E-state index contributed by atoms with van der Waals surface area (Å²) in [6.07, 6.45) is -13.0. The summed E-state index contributed by atoms with van der Waals surface area (Å²) in [6.45, 7) is 14.2. The standard InChI is InChI=1S/C61H104O22/c1-31-14-10-11-18-45(68)36(6)55(74)32(2)15-12-16-34(4)60(79)81-49(39(9)50-22-23-53(72)80-50)19-13-17-40(63)25-41(64)27-46(69)37(7)56(75)38(8)47(70)28-42(65)26-43(66)29-48(71)51(24-35(5)54(73)33(3)20-21-44(31)67)82-61-59(78)58(77)57(76)52(30-62)83-61/h10,13-14,16-17,20-21,24,31-33,36-52,54-59,61-71,73-78H,11-12,15,18-19,22-23,25-30H2,1-9H3/b14-10+,17-13+,21-20+,34-16+,35-24+/t31?,32?,33?,36?,37?,38?,39?,40?,41?,42?,43?,44?,45?,46?,47?,48?,49?,50?,51?,52-,54?,55?,56?,57-,58+,59+,61+/m1/s1/i11+1,13+1,14+1,15+1,16+1,20+1,24+1,40+1,41+1,42+1,43+1,44+1,45+1,46+1,47+1,48+1,49+1,53+1,54+1,55+1,56+1,60+1,61+1. The predicted octanol–water partition coefficient (Wildman–Crippen LogP) is 1.05. The minimum Gasteiger partial charge on any atom is -0.462 e. The van der Waals surface area contributed by atoms with Crippen LogP contribution in [0.15, 0.2) is 59.8 Å². The molecule has 480 valence electrons. The predicted molar refractivity (Wildman–Crippen MR) is 305 cm³/mol. The summed E-state index contributed by atoms with van der Waals surface area (Å²) >= 11 is 0. The van der Waals surface area contributed by atoms with Gasteiger partial charge in [-0.05, 0) is 76.7 Å². The molecule has 27 atom stereocenters. The quantitative estimate of drug-likeness (QED) is 0.104. The molecule has 0 aromatic rings. The fourth-order valence-corrected chi connectivity index (χ4v) is 10.9. The molecule has 16 N–H and O–H groups in total. The molecule has 0 bridgehead atoms. The zero-order chi connectivity index (χ0) is 62.6. The van der Waals surface area contributed by atoms with E-state index in [0.29, 0.717) is 37.7 Å². The van der Waals surface area contributed by atoms with E-state index in [0.717, 1.165) is 0 Å². The van der Waals surface area contributed by atoms with Crippen LogP contribution in [0.1, 0.15) is 139 Å². The van der Waals surface area contributed by atoms with Gasteiger partial charge in [-0.3, -0.25) is 4.79 Å². The average Bonchev–Trinajstić information content (AvgIpc) is 4.00. The number of hydrogen-bond acceptors (Lipinski definition) is 22. The van der Waals surface area contributed by atoms with Gasteiger partial charge in [0.1, 0.15) is 42.7 Å². The lowest BCUT2D eigenvalue weighted by atomic mass is 10.0. The van der Waals surface area contributed by atoms with Gasteiger partial charge in [0, 0.05) is 66.8 Å². The first kappa shape index (κ1) is 74.2. The third kappa shape index (κ3) is 23.9. The normalized spacial score (nSPS) is 45.6. The van der Waals surface area contributed by atoms with Crippen LogP contribution in [-0.4, -0.2) is 223 Å². The van der Waals surface area contributed by atoms with Gasteiger partial charge in [-0.25, -0.2) is 4.79 Å². The molecule has 3 aliphatic rings. The number of allylic oxidation sites excluding steroid dienone is 2. The molecule has 0 aliphatic carbocycles. The Morgan fingerprint density at radius 1 is 0.578 bits per heavy atom. The highest BCUT2D eigenvalue weighted by atomic mass is 16.8. The molecule has 2 fully saturated rings. The molecule has 0 saturated carbocycles. The maximum Gasteiger partial charge on any atom is 0.333 e. The lowest BCUT2D eigenvalue weighted by Gasteiger charge is -2.41. The third-order valence-corrected chi connectivity index (χ3v) is 17.2. The highest BCUT2D eigenvalue weighted by Crippen LogP contribution is 2.31. The Balaban J connectivity index is 1.88. The summed E-state index contributed by atoms with van der Waals surface area (Å²) in [5, 5.41) is 175. The number of esters is 2. The number of aliphatic hydroxyl groups is 16. The molecule has 3 rings (SSSR count). The van der Waals surface area contributed by atoms with Crippen molar-refractivity contribution in [3.63, 3.8) is 0 Å². The second kappa shape index (κ2) is 36.3. The van der Waals surface area contributed by atoms with Crippen LogP contribution in [0.2, 0.25) is 0 Å². The first-order chi connectivity index (χ1) is 38.9. The number of carbonyl (C=O) groups excluding carboxylic acids is 2. The van der Waals surface area contributed by atoms with Crippen molar-refractivity contribution in [2.75, 3.05) is 6.61 Å². The molecule has 22 heteroatoms. The van der Waals surface area contributed by atoms with Gasteiger partial charge in [0.15, 0.2) is 6.29 Å². The molecule has 22 nitrogen and oxygen atoms in total. The van der Waals surface area contributed by atoms with Gasteiger partial charge in [0.05, 0.1) is 79.9 Å². The van der Waals surface area contributed by atoms with E-state index in [9.17, 15) is 91.3 Å². The van der Waals surface area contributed by atoms with Crippen LogP contribution in [0.3, 0.4) is 0 Å². The van der Waals surface area contributed by atoms with E-state index in [2.05, 4.69) is 0 Å². The van der Waals surface area contributed by atoms with Crippen molar-refractivity contribution in [3.8, 4) is 0 Å². The Bertz CT molecular complexity index is 2050. The molecule has 3 aliphatic heterocycles. The topological polar surface area (TPSA) is 395 Å². The van der Waals surface area contributed by atoms with Crippen LogP contribution >= 0.6 is 0 Å². The monoisotopic (exact) mass is 1210 g/mol. The molecule has 2 saturated heterocycles. The number of carbonyl (C=O) groups is 2. The molecule has 83 heavy (non-hydrogen) atoms. The minimum atomic E-state index is -1.88. The molecule has 0 amide bonds. The van der Waals surface area contributed by atoms with Crippen LogP contribution in [0.25, 0.3) is 0 Å². The van der Waals surface area contributed by atoms with Crippen LogP contribution in [0.5, 0.6) is 0 Å². The largest absolute Gasteiger partial charge is 0.462 e. The van der Waals surface area contributed by atoms with Gasteiger partial charge in [0.25, 0.3) is 0 Å². The summed E-state index contributed by atoms with van der Waals surface area (Å²) in [5.41, 5.74) is 0.540. The second-order valence-corrected chi connectivity index (χ2v) is 24.3. The van der Waals surface area contributed by atoms with Gasteiger partial charge < -0.3 is 101 Å². The average molecular weight is 1210 g/mol. The number of aliphatic hydroxyl groups excluding tert-OH is 16. The zero-order valence-electron chi connectivity index (χ0n) is 50.0. The van der Waals surface area contributed by atoms with Crippen molar-refractivity contribution in [1.82, 2.24) is 0 Å². The number of rotatable bonds is 5. The maximum absolute atomic E-state index is 13.5. The van der Waals surface area contributed by atoms with Crippen molar-refractivity contribution >= 4 is 11.9 Å². The van der Waals surface area contributed by atoms with E-state index in [4.69, 9.17) is 18.9 Å². The number of hydrogen-bond donors (Lipinski definition) is 16. The molecule has 3 heterocycles. The van der Waals surface area contributed by atoms with Gasteiger partial charge >= 0.3 is 11.9 Å². The Morgan fingerprint density at radius 3 is 1.76 bits per heavy atom. The molecular formula is C61H104O22. The lowest BCUT2D eigenvalue weighted by molar-refractivity contribution is -0.313. The van der Waals surface area contributed by atoms with Crippen molar-refractivity contribution in [1.29, 1.82) is 0 Å². The number of ether oxygens (including phenoxy) is 4. The van der Waals surface area contributed by atoms with Gasteiger partial charge in [-0.1, -0.05) is 97.1 Å². The molecule has 0 aromatic heterocycles.